The Balaban J connectivity index is 1.64. The van der Waals surface area contributed by atoms with E-state index in [-0.39, 0.29) is 12.5 Å². The molecule has 2 unspecified atom stereocenters. The lowest BCUT2D eigenvalue weighted by Gasteiger charge is -2.42. The van der Waals surface area contributed by atoms with Gasteiger partial charge in [0, 0.05) is 43.7 Å². The molecule has 2 aliphatic rings. The number of nitriles is 1. The summed E-state index contributed by atoms with van der Waals surface area (Å²) in [6.07, 6.45) is 2.13. The van der Waals surface area contributed by atoms with Crippen molar-refractivity contribution in [1.82, 2.24) is 14.9 Å². The van der Waals surface area contributed by atoms with Crippen LogP contribution in [0.2, 0.25) is 0 Å². The Morgan fingerprint density at radius 2 is 1.94 bits per heavy atom. The summed E-state index contributed by atoms with van der Waals surface area (Å²) >= 11 is 0. The van der Waals surface area contributed by atoms with Crippen molar-refractivity contribution in [2.45, 2.75) is 63.9 Å². The summed E-state index contributed by atoms with van der Waals surface area (Å²) in [6, 6.07) is 10.2. The van der Waals surface area contributed by atoms with Gasteiger partial charge in [0.05, 0.1) is 41.6 Å². The maximum absolute atomic E-state index is 12.8. The first-order chi connectivity index (χ1) is 17.1. The third-order valence-electron chi connectivity index (χ3n) is 6.47. The van der Waals surface area contributed by atoms with Gasteiger partial charge >= 0.3 is 6.09 Å². The van der Waals surface area contributed by atoms with Crippen molar-refractivity contribution in [3.63, 3.8) is 0 Å². The lowest BCUT2D eigenvalue weighted by molar-refractivity contribution is 0.0144. The minimum absolute atomic E-state index is 0.191. The van der Waals surface area contributed by atoms with E-state index in [9.17, 15) is 14.3 Å². The molecule has 0 bridgehead atoms. The number of rotatable bonds is 4. The van der Waals surface area contributed by atoms with Gasteiger partial charge in [-0.05, 0) is 45.7 Å². The fraction of sp³-hybridized carbons (Fsp3) is 0.538. The van der Waals surface area contributed by atoms with Crippen molar-refractivity contribution in [3.05, 3.63) is 41.1 Å². The second-order valence-electron chi connectivity index (χ2n) is 10.3. The zero-order valence-electron chi connectivity index (χ0n) is 21.7. The fourth-order valence-corrected chi connectivity index (χ4v) is 5.24. The van der Waals surface area contributed by atoms with Crippen LogP contribution in [0.5, 0.6) is 0 Å². The zero-order valence-corrected chi connectivity index (χ0v) is 22.5. The predicted octanol–water partition coefficient (Wildman–Crippen LogP) is 3.42. The summed E-state index contributed by atoms with van der Waals surface area (Å²) in [4.78, 5) is 28.3. The van der Waals surface area contributed by atoms with Gasteiger partial charge in [0.15, 0.2) is 0 Å². The third-order valence-corrected chi connectivity index (χ3v) is 7.17. The number of para-hydroxylation sites is 1. The monoisotopic (exact) mass is 510 g/mol. The van der Waals surface area contributed by atoms with Crippen molar-refractivity contribution < 1.29 is 13.7 Å². The van der Waals surface area contributed by atoms with Crippen LogP contribution >= 0.6 is 0 Å². The predicted molar refractivity (Wildman–Crippen MR) is 139 cm³/mol. The van der Waals surface area contributed by atoms with Gasteiger partial charge in [-0.3, -0.25) is 4.21 Å². The van der Waals surface area contributed by atoms with Crippen molar-refractivity contribution in [2.75, 3.05) is 42.2 Å². The molecule has 9 nitrogen and oxygen atoms in total. The number of ether oxygens (including phenoxy) is 1. The van der Waals surface area contributed by atoms with E-state index in [1.807, 2.05) is 32.9 Å². The van der Waals surface area contributed by atoms with Crippen LogP contribution in [0.3, 0.4) is 0 Å². The largest absolute Gasteiger partial charge is 0.444 e. The standard InChI is InChI=1S/C26H34N6O3S/c1-18-8-6-7-9-22(18)30-13-11-20-21(17-30)28-24(36(5)34)29-23(20)31-14-15-32(19(16-31)10-12-27)25(33)35-26(2,3)4/h6-9,19H,10-11,13-17H2,1-5H3. The fourth-order valence-electron chi connectivity index (χ4n) is 4.79. The van der Waals surface area contributed by atoms with Crippen LogP contribution in [0.1, 0.15) is 44.0 Å². The van der Waals surface area contributed by atoms with Gasteiger partial charge in [-0.1, -0.05) is 18.2 Å². The number of carbonyl (C=O) groups is 1. The summed E-state index contributed by atoms with van der Waals surface area (Å²) in [6.45, 7) is 10.4. The second-order valence-corrected chi connectivity index (χ2v) is 11.6. The Bertz CT molecular complexity index is 1210. The topological polar surface area (TPSA) is 103 Å². The number of anilines is 2. The molecule has 0 spiro atoms. The van der Waals surface area contributed by atoms with Crippen LogP contribution in [0.25, 0.3) is 0 Å². The summed E-state index contributed by atoms with van der Waals surface area (Å²) in [5, 5.41) is 9.76. The summed E-state index contributed by atoms with van der Waals surface area (Å²) in [7, 11) is -1.34. The van der Waals surface area contributed by atoms with Crippen LogP contribution in [-0.2, 0) is 28.5 Å². The Kier molecular flexibility index (Phi) is 7.50. The highest BCUT2D eigenvalue weighted by molar-refractivity contribution is 7.84. The van der Waals surface area contributed by atoms with E-state index in [0.717, 1.165) is 30.0 Å². The Morgan fingerprint density at radius 1 is 1.19 bits per heavy atom. The number of aromatic nitrogens is 2. The number of carbonyl (C=O) groups excluding carboxylic acids is 1. The van der Waals surface area contributed by atoms with Crippen LogP contribution in [0.4, 0.5) is 16.3 Å². The highest BCUT2D eigenvalue weighted by Gasteiger charge is 2.35. The molecule has 36 heavy (non-hydrogen) atoms. The molecule has 0 saturated carbocycles. The molecule has 1 amide bonds. The second kappa shape index (κ2) is 10.4. The highest BCUT2D eigenvalue weighted by atomic mass is 32.2. The lowest BCUT2D eigenvalue weighted by atomic mass is 10.0. The number of benzene rings is 1. The smallest absolute Gasteiger partial charge is 0.410 e. The van der Waals surface area contributed by atoms with Gasteiger partial charge in [0.25, 0.3) is 0 Å². The lowest BCUT2D eigenvalue weighted by Crippen LogP contribution is -2.56. The van der Waals surface area contributed by atoms with E-state index in [2.05, 4.69) is 34.9 Å². The van der Waals surface area contributed by atoms with Gasteiger partial charge in [0.2, 0.25) is 5.16 Å². The van der Waals surface area contributed by atoms with E-state index in [4.69, 9.17) is 14.7 Å². The van der Waals surface area contributed by atoms with Crippen LogP contribution in [-0.4, -0.2) is 69.2 Å². The number of amides is 1. The van der Waals surface area contributed by atoms with Crippen molar-refractivity contribution >= 4 is 28.4 Å². The molecule has 1 saturated heterocycles. The molecule has 0 N–H and O–H groups in total. The van der Waals surface area contributed by atoms with E-state index >= 15 is 0 Å². The summed E-state index contributed by atoms with van der Waals surface area (Å²) in [5.74, 6) is 0.765. The summed E-state index contributed by atoms with van der Waals surface area (Å²) in [5.41, 5.74) is 3.69. The van der Waals surface area contributed by atoms with E-state index in [1.165, 1.54) is 11.3 Å². The normalized spacial score (nSPS) is 18.9. The highest BCUT2D eigenvalue weighted by Crippen LogP contribution is 2.32. The van der Waals surface area contributed by atoms with Crippen LogP contribution in [0, 0.1) is 18.3 Å². The number of aryl methyl sites for hydroxylation is 1. The average Bonchev–Trinajstić information content (AvgIpc) is 2.82. The Morgan fingerprint density at radius 3 is 2.61 bits per heavy atom. The molecule has 2 aliphatic heterocycles. The molecule has 1 fully saturated rings. The summed E-state index contributed by atoms with van der Waals surface area (Å²) < 4.78 is 18.0. The minimum atomic E-state index is -1.34. The molecular weight excluding hydrogens is 476 g/mol. The number of fused-ring (bicyclic) bond motifs is 1. The van der Waals surface area contributed by atoms with Crippen molar-refractivity contribution in [1.29, 1.82) is 5.26 Å². The van der Waals surface area contributed by atoms with E-state index in [0.29, 0.717) is 31.3 Å². The van der Waals surface area contributed by atoms with Crippen molar-refractivity contribution in [3.8, 4) is 6.07 Å². The molecule has 2 aromatic rings. The first-order valence-electron chi connectivity index (χ1n) is 12.2. The minimum Gasteiger partial charge on any atom is -0.444 e. The van der Waals surface area contributed by atoms with E-state index < -0.39 is 22.5 Å². The first-order valence-corrected chi connectivity index (χ1v) is 13.8. The molecule has 2 atom stereocenters. The van der Waals surface area contributed by atoms with Crippen molar-refractivity contribution in [2.24, 2.45) is 0 Å². The third kappa shape index (κ3) is 5.62. The number of hydrogen-bond donors (Lipinski definition) is 0. The Labute approximate surface area is 215 Å². The molecule has 10 heteroatoms. The number of nitrogens with zero attached hydrogens (tertiary/aromatic N) is 6. The average molecular weight is 511 g/mol. The molecule has 1 aromatic heterocycles. The SMILES string of the molecule is Cc1ccccc1N1CCc2c(nc(S(C)=O)nc2N2CCN(C(=O)OC(C)(C)C)C(CC#N)C2)C1. The first kappa shape index (κ1) is 25.9. The molecule has 4 rings (SSSR count). The molecule has 0 radical (unpaired) electrons. The van der Waals surface area contributed by atoms with Gasteiger partial charge in [-0.15, -0.1) is 0 Å². The quantitative estimate of drug-likeness (QED) is 0.577. The number of hydrogen-bond acceptors (Lipinski definition) is 8. The molecule has 1 aromatic carbocycles. The Hall–Kier alpha value is -3.19. The molecular formula is C26H34N6O3S. The molecule has 3 heterocycles. The van der Waals surface area contributed by atoms with Crippen LogP contribution < -0.4 is 9.80 Å². The van der Waals surface area contributed by atoms with E-state index in [1.54, 1.807) is 11.2 Å². The maximum Gasteiger partial charge on any atom is 0.410 e. The zero-order chi connectivity index (χ0) is 26.0. The van der Waals surface area contributed by atoms with Gasteiger partial charge < -0.3 is 19.4 Å². The molecule has 192 valence electrons. The van der Waals surface area contributed by atoms with Crippen LogP contribution in [0.15, 0.2) is 29.4 Å². The van der Waals surface area contributed by atoms with Gasteiger partial charge in [0.1, 0.15) is 11.4 Å². The molecule has 0 aliphatic carbocycles. The van der Waals surface area contributed by atoms with Gasteiger partial charge in [-0.25, -0.2) is 14.8 Å². The maximum atomic E-state index is 12.8. The number of piperazine rings is 1. The van der Waals surface area contributed by atoms with Gasteiger partial charge in [-0.2, -0.15) is 5.26 Å².